The number of nitrogens with one attached hydrogen (secondary N) is 1. The summed E-state index contributed by atoms with van der Waals surface area (Å²) >= 11 is 1.72. The van der Waals surface area contributed by atoms with Gasteiger partial charge in [0.2, 0.25) is 0 Å². The predicted octanol–water partition coefficient (Wildman–Crippen LogP) is 3.19. The number of hydrogen-bond acceptors (Lipinski definition) is 5. The molecule has 0 radical (unpaired) electrons. The van der Waals surface area contributed by atoms with E-state index in [1.54, 1.807) is 23.6 Å². The summed E-state index contributed by atoms with van der Waals surface area (Å²) in [5.41, 5.74) is 2.49. The number of thiazole rings is 1. The van der Waals surface area contributed by atoms with Crippen molar-refractivity contribution in [2.75, 3.05) is 11.9 Å². The van der Waals surface area contributed by atoms with Crippen LogP contribution in [0.15, 0.2) is 23.7 Å². The van der Waals surface area contributed by atoms with Crippen molar-refractivity contribution in [3.05, 3.63) is 40.1 Å². The van der Waals surface area contributed by atoms with Crippen molar-refractivity contribution in [2.24, 2.45) is 0 Å². The van der Waals surface area contributed by atoms with Crippen LogP contribution in [0.25, 0.3) is 0 Å². The van der Waals surface area contributed by atoms with E-state index in [1.807, 2.05) is 12.1 Å². The average Bonchev–Trinajstić information content (AvgIpc) is 2.89. The Kier molecular flexibility index (Phi) is 4.48. The van der Waals surface area contributed by atoms with Crippen LogP contribution in [0, 0.1) is 11.3 Å². The molecule has 19 heavy (non-hydrogen) atoms. The zero-order valence-electron chi connectivity index (χ0n) is 11.1. The van der Waals surface area contributed by atoms with Gasteiger partial charge >= 0.3 is 0 Å². The van der Waals surface area contributed by atoms with E-state index in [9.17, 15) is 0 Å². The molecule has 4 nitrogen and oxygen atoms in total. The Labute approximate surface area is 117 Å². The van der Waals surface area contributed by atoms with Crippen LogP contribution in [0.4, 0.5) is 5.69 Å². The molecule has 0 saturated heterocycles. The monoisotopic (exact) mass is 272 g/mol. The fraction of sp³-hybridized carbons (Fsp3) is 0.357. The molecule has 0 bridgehead atoms. The molecule has 0 aromatic carbocycles. The van der Waals surface area contributed by atoms with Gasteiger partial charge in [-0.05, 0) is 12.1 Å². The molecule has 98 valence electrons. The van der Waals surface area contributed by atoms with Gasteiger partial charge in [-0.3, -0.25) is 0 Å². The number of pyridine rings is 1. The standard InChI is InChI=1S/C14H16N4S/c1-10(2)14-18-13(9-19-14)5-6-16-12-4-3-11(7-15)17-8-12/h3-4,8-10,16H,5-6H2,1-2H3. The molecule has 0 atom stereocenters. The first-order chi connectivity index (χ1) is 9.19. The number of hydrogen-bond donors (Lipinski definition) is 1. The summed E-state index contributed by atoms with van der Waals surface area (Å²) in [5.74, 6) is 0.495. The fourth-order valence-corrected chi connectivity index (χ4v) is 2.47. The van der Waals surface area contributed by atoms with Crippen LogP contribution in [0.2, 0.25) is 0 Å². The Morgan fingerprint density at radius 3 is 2.84 bits per heavy atom. The van der Waals surface area contributed by atoms with Gasteiger partial charge in [0, 0.05) is 24.3 Å². The maximum Gasteiger partial charge on any atom is 0.140 e. The highest BCUT2D eigenvalue weighted by atomic mass is 32.1. The highest BCUT2D eigenvalue weighted by molar-refractivity contribution is 7.09. The molecule has 2 heterocycles. The molecule has 1 N–H and O–H groups in total. The van der Waals surface area contributed by atoms with E-state index in [4.69, 9.17) is 5.26 Å². The van der Waals surface area contributed by atoms with Crippen LogP contribution in [0.5, 0.6) is 0 Å². The largest absolute Gasteiger partial charge is 0.383 e. The van der Waals surface area contributed by atoms with Crippen LogP contribution < -0.4 is 5.32 Å². The molecule has 0 saturated carbocycles. The lowest BCUT2D eigenvalue weighted by atomic mass is 10.2. The quantitative estimate of drug-likeness (QED) is 0.908. The zero-order chi connectivity index (χ0) is 13.7. The van der Waals surface area contributed by atoms with Crippen molar-refractivity contribution in [3.8, 4) is 6.07 Å². The van der Waals surface area contributed by atoms with Gasteiger partial charge < -0.3 is 5.32 Å². The first-order valence-electron chi connectivity index (χ1n) is 6.23. The van der Waals surface area contributed by atoms with E-state index in [1.165, 1.54) is 5.01 Å². The minimum absolute atomic E-state index is 0.437. The first-order valence-corrected chi connectivity index (χ1v) is 7.11. The van der Waals surface area contributed by atoms with Crippen LogP contribution >= 0.6 is 11.3 Å². The van der Waals surface area contributed by atoms with Crippen LogP contribution in [-0.4, -0.2) is 16.5 Å². The van der Waals surface area contributed by atoms with Crippen molar-refractivity contribution in [3.63, 3.8) is 0 Å². The Morgan fingerprint density at radius 2 is 2.26 bits per heavy atom. The van der Waals surface area contributed by atoms with Gasteiger partial charge in [-0.2, -0.15) is 5.26 Å². The van der Waals surface area contributed by atoms with E-state index >= 15 is 0 Å². The summed E-state index contributed by atoms with van der Waals surface area (Å²) in [6.45, 7) is 5.13. The molecule has 0 aliphatic heterocycles. The van der Waals surface area contributed by atoms with Gasteiger partial charge in [-0.1, -0.05) is 13.8 Å². The lowest BCUT2D eigenvalue weighted by Gasteiger charge is -2.04. The minimum atomic E-state index is 0.437. The summed E-state index contributed by atoms with van der Waals surface area (Å²) < 4.78 is 0. The predicted molar refractivity (Wildman–Crippen MR) is 77.3 cm³/mol. The maximum absolute atomic E-state index is 8.66. The van der Waals surface area contributed by atoms with E-state index < -0.39 is 0 Å². The molecular formula is C14H16N4S. The minimum Gasteiger partial charge on any atom is -0.383 e. The number of nitrogens with zero attached hydrogens (tertiary/aromatic N) is 3. The second-order valence-electron chi connectivity index (χ2n) is 4.55. The third kappa shape index (κ3) is 3.76. The van der Waals surface area contributed by atoms with Crippen molar-refractivity contribution >= 4 is 17.0 Å². The van der Waals surface area contributed by atoms with Gasteiger partial charge in [-0.25, -0.2) is 9.97 Å². The molecule has 0 aliphatic rings. The Bertz CT molecular complexity index is 566. The van der Waals surface area contributed by atoms with Crippen molar-refractivity contribution in [2.45, 2.75) is 26.2 Å². The van der Waals surface area contributed by atoms with Gasteiger partial charge in [0.15, 0.2) is 0 Å². The van der Waals surface area contributed by atoms with Crippen LogP contribution in [0.1, 0.15) is 36.2 Å². The first kappa shape index (κ1) is 13.5. The lowest BCUT2D eigenvalue weighted by Crippen LogP contribution is -2.05. The van der Waals surface area contributed by atoms with Gasteiger partial charge in [0.05, 0.1) is 22.6 Å². The molecule has 0 spiro atoms. The summed E-state index contributed by atoms with van der Waals surface area (Å²) in [7, 11) is 0. The Hall–Kier alpha value is -1.93. The van der Waals surface area contributed by atoms with E-state index in [-0.39, 0.29) is 0 Å². The lowest BCUT2D eigenvalue weighted by molar-refractivity contribution is 0.835. The number of rotatable bonds is 5. The van der Waals surface area contributed by atoms with Gasteiger partial charge in [0.1, 0.15) is 11.8 Å². The Morgan fingerprint density at radius 1 is 1.42 bits per heavy atom. The molecule has 0 fully saturated rings. The van der Waals surface area contributed by atoms with Crippen LogP contribution in [0.3, 0.4) is 0 Å². The SMILES string of the molecule is CC(C)c1nc(CCNc2ccc(C#N)nc2)cs1. The number of aromatic nitrogens is 2. The molecule has 0 aliphatic carbocycles. The van der Waals surface area contributed by atoms with E-state index in [0.717, 1.165) is 24.3 Å². The molecule has 2 aromatic heterocycles. The Balaban J connectivity index is 1.83. The van der Waals surface area contributed by atoms with E-state index in [2.05, 4.69) is 34.5 Å². The summed E-state index contributed by atoms with van der Waals surface area (Å²) in [6.07, 6.45) is 2.57. The van der Waals surface area contributed by atoms with Crippen molar-refractivity contribution < 1.29 is 0 Å². The zero-order valence-corrected chi connectivity index (χ0v) is 11.9. The molecule has 0 unspecified atom stereocenters. The third-order valence-electron chi connectivity index (χ3n) is 2.65. The maximum atomic E-state index is 8.66. The third-order valence-corrected chi connectivity index (χ3v) is 3.85. The highest BCUT2D eigenvalue weighted by Crippen LogP contribution is 2.19. The second kappa shape index (κ2) is 6.30. The van der Waals surface area contributed by atoms with Gasteiger partial charge in [0.25, 0.3) is 0 Å². The van der Waals surface area contributed by atoms with E-state index in [0.29, 0.717) is 11.6 Å². The van der Waals surface area contributed by atoms with Crippen molar-refractivity contribution in [1.82, 2.24) is 9.97 Å². The molecule has 0 amide bonds. The molecular weight excluding hydrogens is 256 g/mol. The van der Waals surface area contributed by atoms with Gasteiger partial charge in [-0.15, -0.1) is 11.3 Å². The summed E-state index contributed by atoms with van der Waals surface area (Å²) in [5, 5.41) is 15.2. The second-order valence-corrected chi connectivity index (χ2v) is 5.44. The van der Waals surface area contributed by atoms with Crippen molar-refractivity contribution in [1.29, 1.82) is 5.26 Å². The molecule has 2 rings (SSSR count). The average molecular weight is 272 g/mol. The topological polar surface area (TPSA) is 61.6 Å². The molecule has 2 aromatic rings. The number of anilines is 1. The number of nitriles is 1. The smallest absolute Gasteiger partial charge is 0.140 e. The molecule has 5 heteroatoms. The van der Waals surface area contributed by atoms with Crippen LogP contribution in [-0.2, 0) is 6.42 Å². The summed E-state index contributed by atoms with van der Waals surface area (Å²) in [6, 6.07) is 5.58. The fourth-order valence-electron chi connectivity index (χ4n) is 1.60. The summed E-state index contributed by atoms with van der Waals surface area (Å²) in [4.78, 5) is 8.60. The normalized spacial score (nSPS) is 10.4. The highest BCUT2D eigenvalue weighted by Gasteiger charge is 2.05.